The third-order valence-electron chi connectivity index (χ3n) is 3.45. The second-order valence-corrected chi connectivity index (χ2v) is 4.97. The maximum atomic E-state index is 12.0. The monoisotopic (exact) mass is 248 g/mol. The number of nitrogens with two attached hydrogens (primary N) is 1. The van der Waals surface area contributed by atoms with Gasteiger partial charge in [0.15, 0.2) is 0 Å². The zero-order valence-corrected chi connectivity index (χ0v) is 10.7. The van der Waals surface area contributed by atoms with Gasteiger partial charge in [0.05, 0.1) is 13.2 Å². The highest BCUT2D eigenvalue weighted by Crippen LogP contribution is 2.25. The van der Waals surface area contributed by atoms with Gasteiger partial charge in [-0.25, -0.2) is 0 Å². The highest BCUT2D eigenvalue weighted by molar-refractivity contribution is 5.84. The molecule has 1 amide bonds. The molecule has 1 aliphatic rings. The molecule has 4 nitrogen and oxygen atoms in total. The summed E-state index contributed by atoms with van der Waals surface area (Å²) < 4.78 is 5.09. The Morgan fingerprint density at radius 1 is 1.39 bits per heavy atom. The van der Waals surface area contributed by atoms with Crippen LogP contribution < -0.4 is 11.1 Å². The van der Waals surface area contributed by atoms with Crippen LogP contribution in [0.4, 0.5) is 0 Å². The van der Waals surface area contributed by atoms with Crippen LogP contribution in [0.1, 0.15) is 11.1 Å². The van der Waals surface area contributed by atoms with Gasteiger partial charge in [0, 0.05) is 13.1 Å². The molecule has 1 fully saturated rings. The molecule has 0 spiro atoms. The van der Waals surface area contributed by atoms with E-state index in [4.69, 9.17) is 10.5 Å². The van der Waals surface area contributed by atoms with E-state index in [0.29, 0.717) is 26.3 Å². The lowest BCUT2D eigenvalue weighted by Gasteiger charge is -2.38. The van der Waals surface area contributed by atoms with E-state index < -0.39 is 5.41 Å². The van der Waals surface area contributed by atoms with Crippen molar-refractivity contribution in [3.8, 4) is 0 Å². The molecule has 0 aromatic heterocycles. The fourth-order valence-corrected chi connectivity index (χ4v) is 1.95. The van der Waals surface area contributed by atoms with Crippen LogP contribution in [0, 0.1) is 12.3 Å². The van der Waals surface area contributed by atoms with Gasteiger partial charge in [-0.3, -0.25) is 4.79 Å². The molecule has 0 bridgehead atoms. The van der Waals surface area contributed by atoms with Gasteiger partial charge in [0.25, 0.3) is 0 Å². The first kappa shape index (κ1) is 13.1. The van der Waals surface area contributed by atoms with E-state index >= 15 is 0 Å². The summed E-state index contributed by atoms with van der Waals surface area (Å²) in [6, 6.07) is 8.34. The van der Waals surface area contributed by atoms with Crippen molar-refractivity contribution in [2.45, 2.75) is 13.3 Å². The molecule has 0 unspecified atom stereocenters. The van der Waals surface area contributed by atoms with Gasteiger partial charge in [-0.2, -0.15) is 0 Å². The normalized spacial score (nSPS) is 17.0. The Balaban J connectivity index is 1.78. The van der Waals surface area contributed by atoms with Gasteiger partial charge < -0.3 is 15.8 Å². The van der Waals surface area contributed by atoms with Crippen LogP contribution in [-0.4, -0.2) is 32.2 Å². The highest BCUT2D eigenvalue weighted by Gasteiger charge is 2.44. The smallest absolute Gasteiger partial charge is 0.232 e. The summed E-state index contributed by atoms with van der Waals surface area (Å²) in [6.07, 6.45) is 0.841. The molecule has 0 atom stereocenters. The standard InChI is InChI=1S/C14H20N2O2/c1-11-2-4-12(5-3-11)6-7-16-13(17)14(8-15)9-18-10-14/h2-5H,6-10,15H2,1H3,(H,16,17). The second-order valence-electron chi connectivity index (χ2n) is 4.97. The lowest BCUT2D eigenvalue weighted by molar-refractivity contribution is -0.159. The summed E-state index contributed by atoms with van der Waals surface area (Å²) in [5, 5.41) is 2.94. The maximum absolute atomic E-state index is 12.0. The lowest BCUT2D eigenvalue weighted by Crippen LogP contribution is -2.58. The van der Waals surface area contributed by atoms with Gasteiger partial charge >= 0.3 is 0 Å². The van der Waals surface area contributed by atoms with Crippen LogP contribution >= 0.6 is 0 Å². The van der Waals surface area contributed by atoms with Crippen molar-refractivity contribution < 1.29 is 9.53 Å². The second kappa shape index (κ2) is 5.50. The first-order chi connectivity index (χ1) is 8.66. The number of carbonyl (C=O) groups is 1. The maximum Gasteiger partial charge on any atom is 0.232 e. The molecular formula is C14H20N2O2. The molecular weight excluding hydrogens is 228 g/mol. The number of benzene rings is 1. The van der Waals surface area contributed by atoms with Crippen molar-refractivity contribution in [3.63, 3.8) is 0 Å². The van der Waals surface area contributed by atoms with Crippen LogP contribution in [0.2, 0.25) is 0 Å². The minimum absolute atomic E-state index is 0.0170. The summed E-state index contributed by atoms with van der Waals surface area (Å²) >= 11 is 0. The van der Waals surface area contributed by atoms with E-state index in [1.165, 1.54) is 11.1 Å². The Morgan fingerprint density at radius 3 is 2.56 bits per heavy atom. The summed E-state index contributed by atoms with van der Waals surface area (Å²) in [4.78, 5) is 12.0. The van der Waals surface area contributed by atoms with E-state index in [2.05, 4.69) is 36.5 Å². The molecule has 1 aliphatic heterocycles. The van der Waals surface area contributed by atoms with Crippen molar-refractivity contribution in [1.82, 2.24) is 5.32 Å². The number of aryl methyl sites for hydroxylation is 1. The van der Waals surface area contributed by atoms with E-state index in [1.807, 2.05) is 0 Å². The third-order valence-corrected chi connectivity index (χ3v) is 3.45. The Hall–Kier alpha value is -1.39. The van der Waals surface area contributed by atoms with E-state index in [9.17, 15) is 4.79 Å². The summed E-state index contributed by atoms with van der Waals surface area (Å²) in [5.74, 6) is 0.0170. The van der Waals surface area contributed by atoms with Crippen LogP contribution in [0.25, 0.3) is 0 Å². The average molecular weight is 248 g/mol. The zero-order chi connectivity index (χ0) is 13.0. The average Bonchev–Trinajstić information content (AvgIpc) is 2.31. The zero-order valence-electron chi connectivity index (χ0n) is 10.7. The number of hydrogen-bond acceptors (Lipinski definition) is 3. The Kier molecular flexibility index (Phi) is 3.99. The van der Waals surface area contributed by atoms with E-state index in [0.717, 1.165) is 6.42 Å². The first-order valence-electron chi connectivity index (χ1n) is 6.28. The SMILES string of the molecule is Cc1ccc(CCNC(=O)C2(CN)COC2)cc1. The molecule has 1 aromatic carbocycles. The van der Waals surface area contributed by atoms with Crippen molar-refractivity contribution >= 4 is 5.91 Å². The van der Waals surface area contributed by atoms with Gasteiger partial charge in [-0.15, -0.1) is 0 Å². The number of hydrogen-bond donors (Lipinski definition) is 2. The molecule has 18 heavy (non-hydrogen) atoms. The quantitative estimate of drug-likeness (QED) is 0.803. The predicted molar refractivity (Wildman–Crippen MR) is 70.2 cm³/mol. The van der Waals surface area contributed by atoms with Crippen molar-refractivity contribution in [3.05, 3.63) is 35.4 Å². The van der Waals surface area contributed by atoms with Crippen LogP contribution in [0.3, 0.4) is 0 Å². The number of amides is 1. The molecule has 4 heteroatoms. The third kappa shape index (κ3) is 2.71. The van der Waals surface area contributed by atoms with Gasteiger partial charge in [0.2, 0.25) is 5.91 Å². The number of ether oxygens (including phenoxy) is 1. The molecule has 0 aliphatic carbocycles. The van der Waals surface area contributed by atoms with Gasteiger partial charge in [-0.05, 0) is 18.9 Å². The summed E-state index contributed by atoms with van der Waals surface area (Å²) in [5.41, 5.74) is 7.63. The molecule has 1 heterocycles. The minimum Gasteiger partial charge on any atom is -0.379 e. The molecule has 98 valence electrons. The molecule has 3 N–H and O–H groups in total. The number of rotatable bonds is 5. The molecule has 1 saturated heterocycles. The van der Waals surface area contributed by atoms with Crippen LogP contribution in [-0.2, 0) is 16.0 Å². The van der Waals surface area contributed by atoms with E-state index in [-0.39, 0.29) is 5.91 Å². The Morgan fingerprint density at radius 2 is 2.06 bits per heavy atom. The van der Waals surface area contributed by atoms with E-state index in [1.54, 1.807) is 0 Å². The number of carbonyl (C=O) groups excluding carboxylic acids is 1. The minimum atomic E-state index is -0.479. The molecule has 0 saturated carbocycles. The number of nitrogens with one attached hydrogen (secondary N) is 1. The predicted octanol–water partition coefficient (Wildman–Crippen LogP) is 0.629. The Labute approximate surface area is 108 Å². The van der Waals surface area contributed by atoms with Gasteiger partial charge in [-0.1, -0.05) is 29.8 Å². The highest BCUT2D eigenvalue weighted by atomic mass is 16.5. The molecule has 0 radical (unpaired) electrons. The van der Waals surface area contributed by atoms with Crippen LogP contribution in [0.15, 0.2) is 24.3 Å². The fourth-order valence-electron chi connectivity index (χ4n) is 1.95. The van der Waals surface area contributed by atoms with Gasteiger partial charge in [0.1, 0.15) is 5.41 Å². The summed E-state index contributed by atoms with van der Waals surface area (Å²) in [7, 11) is 0. The molecule has 1 aromatic rings. The lowest BCUT2D eigenvalue weighted by atomic mass is 9.85. The summed E-state index contributed by atoms with van der Waals surface area (Å²) in [6.45, 7) is 3.94. The van der Waals surface area contributed by atoms with Crippen molar-refractivity contribution in [2.75, 3.05) is 26.3 Å². The molecule has 2 rings (SSSR count). The Bertz CT molecular complexity index is 405. The van der Waals surface area contributed by atoms with Crippen LogP contribution in [0.5, 0.6) is 0 Å². The first-order valence-corrected chi connectivity index (χ1v) is 6.28. The topological polar surface area (TPSA) is 64.4 Å². The largest absolute Gasteiger partial charge is 0.379 e. The van der Waals surface area contributed by atoms with Crippen molar-refractivity contribution in [1.29, 1.82) is 0 Å². The van der Waals surface area contributed by atoms with Crippen molar-refractivity contribution in [2.24, 2.45) is 11.1 Å². The fraction of sp³-hybridized carbons (Fsp3) is 0.500.